The van der Waals surface area contributed by atoms with E-state index in [2.05, 4.69) is 19.1 Å². The van der Waals surface area contributed by atoms with Gasteiger partial charge in [-0.05, 0) is 24.3 Å². The van der Waals surface area contributed by atoms with E-state index in [-0.39, 0.29) is 0 Å². The third kappa shape index (κ3) is 3.69. The molecule has 0 heterocycles. The number of benzene rings is 1. The van der Waals surface area contributed by atoms with Crippen molar-refractivity contribution < 1.29 is 4.79 Å². The van der Waals surface area contributed by atoms with E-state index in [1.54, 1.807) is 0 Å². The summed E-state index contributed by atoms with van der Waals surface area (Å²) in [6.07, 6.45) is 9.50. The Kier molecular flexibility index (Phi) is 4.98. The van der Waals surface area contributed by atoms with E-state index in [4.69, 9.17) is 0 Å². The lowest BCUT2D eigenvalue weighted by molar-refractivity contribution is 0.0974. The van der Waals surface area contributed by atoms with E-state index in [0.29, 0.717) is 5.78 Å². The number of Topliss-reactive ketones (excluding diaryl/α,β-unsaturated/α-hetero) is 1. The van der Waals surface area contributed by atoms with Crippen molar-refractivity contribution in [2.75, 3.05) is 0 Å². The Hall–Kier alpha value is -1.11. The molecule has 0 radical (unpaired) electrons. The van der Waals surface area contributed by atoms with Gasteiger partial charge in [-0.2, -0.15) is 0 Å². The molecule has 1 saturated carbocycles. The number of aryl methyl sites for hydroxylation is 1. The minimum Gasteiger partial charge on any atom is -0.294 e. The highest BCUT2D eigenvalue weighted by Gasteiger charge is 2.16. The zero-order valence-electron chi connectivity index (χ0n) is 11.5. The highest BCUT2D eigenvalue weighted by Crippen LogP contribution is 2.29. The van der Waals surface area contributed by atoms with Crippen molar-refractivity contribution in [2.24, 2.45) is 5.92 Å². The van der Waals surface area contributed by atoms with Gasteiger partial charge in [0.25, 0.3) is 0 Å². The van der Waals surface area contributed by atoms with E-state index in [9.17, 15) is 4.79 Å². The van der Waals surface area contributed by atoms with Crippen molar-refractivity contribution >= 4 is 5.78 Å². The topological polar surface area (TPSA) is 17.1 Å². The highest BCUT2D eigenvalue weighted by atomic mass is 16.1. The first kappa shape index (κ1) is 13.3. The molecule has 1 fully saturated rings. The lowest BCUT2D eigenvalue weighted by Crippen LogP contribution is -2.03. The smallest absolute Gasteiger partial charge is 0.162 e. The lowest BCUT2D eigenvalue weighted by Gasteiger charge is -2.08. The number of carbonyl (C=O) groups is 1. The molecule has 2 rings (SSSR count). The van der Waals surface area contributed by atoms with Crippen LogP contribution in [0.5, 0.6) is 0 Å². The summed E-state index contributed by atoms with van der Waals surface area (Å²) in [4.78, 5) is 12.1. The molecule has 1 aliphatic rings. The second-order valence-corrected chi connectivity index (χ2v) is 5.56. The van der Waals surface area contributed by atoms with Crippen LogP contribution >= 0.6 is 0 Å². The number of carbonyl (C=O) groups excluding carboxylic acids is 1. The zero-order chi connectivity index (χ0) is 12.8. The van der Waals surface area contributed by atoms with Crippen LogP contribution in [0.2, 0.25) is 0 Å². The Labute approximate surface area is 111 Å². The molecule has 0 saturated heterocycles. The molecule has 18 heavy (non-hydrogen) atoms. The third-order valence-electron chi connectivity index (χ3n) is 4.07. The molecule has 0 N–H and O–H groups in total. The molecule has 1 aliphatic carbocycles. The van der Waals surface area contributed by atoms with Crippen LogP contribution in [0.3, 0.4) is 0 Å². The summed E-state index contributed by atoms with van der Waals surface area (Å²) in [5, 5.41) is 0. The van der Waals surface area contributed by atoms with Crippen LogP contribution in [-0.2, 0) is 6.42 Å². The van der Waals surface area contributed by atoms with Crippen LogP contribution in [0.1, 0.15) is 67.8 Å². The summed E-state index contributed by atoms with van der Waals surface area (Å²) >= 11 is 0. The maximum Gasteiger partial charge on any atom is 0.162 e. The van der Waals surface area contributed by atoms with Gasteiger partial charge in [0.15, 0.2) is 5.78 Å². The molecular weight excluding hydrogens is 220 g/mol. The SMILES string of the molecule is CCCc1ccc(C(=O)CCC2CCCC2)cc1. The number of ketones is 1. The molecule has 0 unspecified atom stereocenters. The van der Waals surface area contributed by atoms with Gasteiger partial charge in [-0.1, -0.05) is 63.3 Å². The molecule has 1 nitrogen and oxygen atoms in total. The van der Waals surface area contributed by atoms with Gasteiger partial charge in [-0.15, -0.1) is 0 Å². The van der Waals surface area contributed by atoms with Gasteiger partial charge in [0, 0.05) is 12.0 Å². The first-order valence-corrected chi connectivity index (χ1v) is 7.41. The summed E-state index contributed by atoms with van der Waals surface area (Å²) in [5.74, 6) is 1.14. The maximum atomic E-state index is 12.1. The van der Waals surface area contributed by atoms with Crippen molar-refractivity contribution in [3.8, 4) is 0 Å². The quantitative estimate of drug-likeness (QED) is 0.657. The largest absolute Gasteiger partial charge is 0.294 e. The molecule has 0 amide bonds. The Morgan fingerprint density at radius 3 is 2.44 bits per heavy atom. The van der Waals surface area contributed by atoms with Gasteiger partial charge in [-0.3, -0.25) is 4.79 Å². The van der Waals surface area contributed by atoms with Gasteiger partial charge < -0.3 is 0 Å². The Morgan fingerprint density at radius 1 is 1.17 bits per heavy atom. The number of hydrogen-bond donors (Lipinski definition) is 0. The molecule has 1 aromatic rings. The molecule has 0 atom stereocenters. The zero-order valence-corrected chi connectivity index (χ0v) is 11.5. The molecule has 0 aromatic heterocycles. The van der Waals surface area contributed by atoms with Gasteiger partial charge >= 0.3 is 0 Å². The predicted octanol–water partition coefficient (Wildman–Crippen LogP) is 4.79. The minimum atomic E-state index is 0.324. The Balaban J connectivity index is 1.83. The molecule has 1 heteroatoms. The van der Waals surface area contributed by atoms with E-state index < -0.39 is 0 Å². The Bertz CT molecular complexity index is 371. The fraction of sp³-hybridized carbons (Fsp3) is 0.588. The standard InChI is InChI=1S/C17H24O/c1-2-5-14-8-11-16(12-9-14)17(18)13-10-15-6-3-4-7-15/h8-9,11-12,15H,2-7,10,13H2,1H3. The van der Waals surface area contributed by atoms with Gasteiger partial charge in [0.1, 0.15) is 0 Å². The molecule has 0 spiro atoms. The Morgan fingerprint density at radius 2 is 1.83 bits per heavy atom. The minimum absolute atomic E-state index is 0.324. The van der Waals surface area contributed by atoms with Crippen molar-refractivity contribution in [3.63, 3.8) is 0 Å². The maximum absolute atomic E-state index is 12.1. The molecule has 0 bridgehead atoms. The summed E-state index contributed by atoms with van der Waals surface area (Å²) in [7, 11) is 0. The first-order valence-electron chi connectivity index (χ1n) is 7.41. The van der Waals surface area contributed by atoms with Crippen molar-refractivity contribution in [2.45, 2.75) is 58.3 Å². The van der Waals surface area contributed by atoms with Crippen LogP contribution in [0.25, 0.3) is 0 Å². The van der Waals surface area contributed by atoms with Crippen LogP contribution in [0.4, 0.5) is 0 Å². The first-order chi connectivity index (χ1) is 8.79. The molecule has 98 valence electrons. The highest BCUT2D eigenvalue weighted by molar-refractivity contribution is 5.96. The predicted molar refractivity (Wildman–Crippen MR) is 76.0 cm³/mol. The van der Waals surface area contributed by atoms with E-state index in [1.165, 1.54) is 31.2 Å². The average Bonchev–Trinajstić information content (AvgIpc) is 2.90. The normalized spacial score (nSPS) is 16.1. The van der Waals surface area contributed by atoms with Gasteiger partial charge in [0.2, 0.25) is 0 Å². The lowest BCUT2D eigenvalue weighted by atomic mass is 9.97. The van der Waals surface area contributed by atoms with Crippen LogP contribution in [0.15, 0.2) is 24.3 Å². The summed E-state index contributed by atoms with van der Waals surface area (Å²) in [6.45, 7) is 2.18. The number of hydrogen-bond acceptors (Lipinski definition) is 1. The molecule has 0 aliphatic heterocycles. The van der Waals surface area contributed by atoms with Crippen LogP contribution in [0, 0.1) is 5.92 Å². The summed E-state index contributed by atoms with van der Waals surface area (Å²) in [5.41, 5.74) is 2.23. The molecular formula is C17H24O. The van der Waals surface area contributed by atoms with Crippen molar-refractivity contribution in [3.05, 3.63) is 35.4 Å². The summed E-state index contributed by atoms with van der Waals surface area (Å²) in [6, 6.07) is 8.21. The van der Waals surface area contributed by atoms with Crippen molar-refractivity contribution in [1.29, 1.82) is 0 Å². The third-order valence-corrected chi connectivity index (χ3v) is 4.07. The number of rotatable bonds is 6. The van der Waals surface area contributed by atoms with Gasteiger partial charge in [0.05, 0.1) is 0 Å². The average molecular weight is 244 g/mol. The second-order valence-electron chi connectivity index (χ2n) is 5.56. The van der Waals surface area contributed by atoms with Crippen molar-refractivity contribution in [1.82, 2.24) is 0 Å². The second kappa shape index (κ2) is 6.72. The van der Waals surface area contributed by atoms with E-state index in [0.717, 1.165) is 37.2 Å². The fourth-order valence-electron chi connectivity index (χ4n) is 2.92. The fourth-order valence-corrected chi connectivity index (χ4v) is 2.92. The molecule has 1 aromatic carbocycles. The van der Waals surface area contributed by atoms with E-state index >= 15 is 0 Å². The van der Waals surface area contributed by atoms with Gasteiger partial charge in [-0.25, -0.2) is 0 Å². The summed E-state index contributed by atoms with van der Waals surface area (Å²) < 4.78 is 0. The monoisotopic (exact) mass is 244 g/mol. The van der Waals surface area contributed by atoms with E-state index in [1.807, 2.05) is 12.1 Å². The van der Waals surface area contributed by atoms with Crippen LogP contribution in [-0.4, -0.2) is 5.78 Å². The van der Waals surface area contributed by atoms with Crippen LogP contribution < -0.4 is 0 Å².